The standard InChI is InChI=1S/C16H17BrN4O2/c1-3-9-20-14(22)12-13(19(2)16(20)23)18-15(17)21(12)10-11-7-5-4-6-8-11/h4-8H,3,9-10H2,1-2H3. The molecule has 3 aromatic rings. The highest BCUT2D eigenvalue weighted by molar-refractivity contribution is 9.10. The number of hydrogen-bond acceptors (Lipinski definition) is 3. The predicted octanol–water partition coefficient (Wildman–Crippen LogP) is 2.12. The zero-order chi connectivity index (χ0) is 16.6. The molecular weight excluding hydrogens is 360 g/mol. The zero-order valence-electron chi connectivity index (χ0n) is 13.0. The molecule has 0 N–H and O–H groups in total. The molecule has 0 saturated heterocycles. The molecule has 0 atom stereocenters. The van der Waals surface area contributed by atoms with Gasteiger partial charge in [0.05, 0.1) is 6.54 Å². The van der Waals surface area contributed by atoms with Crippen LogP contribution in [0.15, 0.2) is 44.7 Å². The summed E-state index contributed by atoms with van der Waals surface area (Å²) in [6.07, 6.45) is 0.717. The van der Waals surface area contributed by atoms with E-state index in [4.69, 9.17) is 0 Å². The molecule has 1 aromatic carbocycles. The van der Waals surface area contributed by atoms with E-state index in [1.54, 1.807) is 11.6 Å². The molecule has 3 rings (SSSR count). The Hall–Kier alpha value is -2.15. The minimum Gasteiger partial charge on any atom is -0.308 e. The molecule has 0 aliphatic heterocycles. The minimum atomic E-state index is -0.332. The molecule has 2 heterocycles. The molecule has 23 heavy (non-hydrogen) atoms. The summed E-state index contributed by atoms with van der Waals surface area (Å²) < 4.78 is 5.05. The lowest BCUT2D eigenvalue weighted by Gasteiger charge is -2.09. The Kier molecular flexibility index (Phi) is 4.21. The van der Waals surface area contributed by atoms with Gasteiger partial charge in [0.25, 0.3) is 5.56 Å². The van der Waals surface area contributed by atoms with Crippen molar-refractivity contribution in [2.24, 2.45) is 7.05 Å². The fourth-order valence-corrected chi connectivity index (χ4v) is 3.15. The fraction of sp³-hybridized carbons (Fsp3) is 0.312. The van der Waals surface area contributed by atoms with E-state index in [9.17, 15) is 9.59 Å². The summed E-state index contributed by atoms with van der Waals surface area (Å²) in [7, 11) is 1.64. The number of imidazole rings is 1. The van der Waals surface area contributed by atoms with Crippen molar-refractivity contribution in [2.45, 2.75) is 26.4 Å². The maximum Gasteiger partial charge on any atom is 0.332 e. The summed E-state index contributed by atoms with van der Waals surface area (Å²) in [4.78, 5) is 29.5. The molecular formula is C16H17BrN4O2. The number of benzene rings is 1. The van der Waals surface area contributed by atoms with Crippen molar-refractivity contribution >= 4 is 27.1 Å². The molecule has 0 fully saturated rings. The third kappa shape index (κ3) is 2.65. The van der Waals surface area contributed by atoms with E-state index in [2.05, 4.69) is 20.9 Å². The van der Waals surface area contributed by atoms with Crippen LogP contribution in [0.25, 0.3) is 11.2 Å². The topological polar surface area (TPSA) is 61.8 Å². The average molecular weight is 377 g/mol. The third-order valence-electron chi connectivity index (χ3n) is 3.82. The Morgan fingerprint density at radius 1 is 1.13 bits per heavy atom. The Balaban J connectivity index is 2.29. The smallest absolute Gasteiger partial charge is 0.308 e. The number of hydrogen-bond donors (Lipinski definition) is 0. The van der Waals surface area contributed by atoms with Gasteiger partial charge in [0.2, 0.25) is 0 Å². The predicted molar refractivity (Wildman–Crippen MR) is 92.8 cm³/mol. The van der Waals surface area contributed by atoms with E-state index in [1.807, 2.05) is 37.3 Å². The number of nitrogens with zero attached hydrogens (tertiary/aromatic N) is 4. The first-order valence-electron chi connectivity index (χ1n) is 7.44. The molecule has 2 aromatic heterocycles. The van der Waals surface area contributed by atoms with Gasteiger partial charge in [-0.3, -0.25) is 13.9 Å². The molecule has 6 nitrogen and oxygen atoms in total. The van der Waals surface area contributed by atoms with E-state index < -0.39 is 0 Å². The van der Waals surface area contributed by atoms with E-state index in [-0.39, 0.29) is 11.2 Å². The van der Waals surface area contributed by atoms with Gasteiger partial charge in [-0.15, -0.1) is 0 Å². The van der Waals surface area contributed by atoms with Gasteiger partial charge >= 0.3 is 5.69 Å². The van der Waals surface area contributed by atoms with Crippen LogP contribution in [-0.2, 0) is 20.1 Å². The first kappa shape index (κ1) is 15.7. The Morgan fingerprint density at radius 2 is 1.83 bits per heavy atom. The van der Waals surface area contributed by atoms with Gasteiger partial charge in [-0.2, -0.15) is 0 Å². The number of aryl methyl sites for hydroxylation is 1. The van der Waals surface area contributed by atoms with Gasteiger partial charge in [-0.25, -0.2) is 9.78 Å². The van der Waals surface area contributed by atoms with Gasteiger partial charge in [0.15, 0.2) is 15.9 Å². The summed E-state index contributed by atoms with van der Waals surface area (Å²) >= 11 is 3.41. The zero-order valence-corrected chi connectivity index (χ0v) is 14.6. The van der Waals surface area contributed by atoms with Gasteiger partial charge in [0, 0.05) is 13.6 Å². The third-order valence-corrected chi connectivity index (χ3v) is 4.42. The number of halogens is 1. The van der Waals surface area contributed by atoms with Gasteiger partial charge in [0.1, 0.15) is 0 Å². The number of fused-ring (bicyclic) bond motifs is 1. The van der Waals surface area contributed by atoms with Gasteiger partial charge in [-0.05, 0) is 27.9 Å². The van der Waals surface area contributed by atoms with Crippen molar-refractivity contribution in [1.82, 2.24) is 18.7 Å². The molecule has 120 valence electrons. The maximum atomic E-state index is 12.8. The second-order valence-electron chi connectivity index (χ2n) is 5.42. The highest BCUT2D eigenvalue weighted by atomic mass is 79.9. The summed E-state index contributed by atoms with van der Waals surface area (Å²) in [5, 5.41) is 0. The highest BCUT2D eigenvalue weighted by Gasteiger charge is 2.18. The van der Waals surface area contributed by atoms with Crippen LogP contribution >= 0.6 is 15.9 Å². The molecule has 0 aliphatic carbocycles. The molecule has 0 amide bonds. The second-order valence-corrected chi connectivity index (χ2v) is 6.13. The van der Waals surface area contributed by atoms with Crippen molar-refractivity contribution in [3.63, 3.8) is 0 Å². The lowest BCUT2D eigenvalue weighted by molar-refractivity contribution is 0.590. The number of rotatable bonds is 4. The summed E-state index contributed by atoms with van der Waals surface area (Å²) in [5.41, 5.74) is 1.27. The summed E-state index contributed by atoms with van der Waals surface area (Å²) in [5.74, 6) is 0. The number of aromatic nitrogens is 4. The lowest BCUT2D eigenvalue weighted by atomic mass is 10.2. The van der Waals surface area contributed by atoms with Crippen molar-refractivity contribution in [3.05, 3.63) is 61.5 Å². The van der Waals surface area contributed by atoms with Crippen LogP contribution in [0.3, 0.4) is 0 Å². The summed E-state index contributed by atoms with van der Waals surface area (Å²) in [6, 6.07) is 9.83. The van der Waals surface area contributed by atoms with E-state index in [0.29, 0.717) is 35.4 Å². The first-order valence-corrected chi connectivity index (χ1v) is 8.23. The van der Waals surface area contributed by atoms with E-state index in [0.717, 1.165) is 5.56 Å². The van der Waals surface area contributed by atoms with Crippen molar-refractivity contribution < 1.29 is 0 Å². The highest BCUT2D eigenvalue weighted by Crippen LogP contribution is 2.18. The molecule has 0 radical (unpaired) electrons. The summed E-state index contributed by atoms with van der Waals surface area (Å²) in [6.45, 7) is 2.85. The van der Waals surface area contributed by atoms with Crippen LogP contribution < -0.4 is 11.2 Å². The largest absolute Gasteiger partial charge is 0.332 e. The van der Waals surface area contributed by atoms with Crippen molar-refractivity contribution in [1.29, 1.82) is 0 Å². The van der Waals surface area contributed by atoms with Gasteiger partial charge < -0.3 is 4.57 Å². The van der Waals surface area contributed by atoms with Crippen LogP contribution in [-0.4, -0.2) is 18.7 Å². The van der Waals surface area contributed by atoms with Crippen molar-refractivity contribution in [2.75, 3.05) is 0 Å². The first-order chi connectivity index (χ1) is 11.0. The SMILES string of the molecule is CCCn1c(=O)c2c(nc(Br)n2Cc2ccccc2)n(C)c1=O. The van der Waals surface area contributed by atoms with E-state index >= 15 is 0 Å². The van der Waals surface area contributed by atoms with E-state index in [1.165, 1.54) is 9.13 Å². The van der Waals surface area contributed by atoms with Crippen molar-refractivity contribution in [3.8, 4) is 0 Å². The molecule has 0 aliphatic rings. The quantitative estimate of drug-likeness (QED) is 0.655. The van der Waals surface area contributed by atoms with Crippen LogP contribution in [0.5, 0.6) is 0 Å². The average Bonchev–Trinajstić information content (AvgIpc) is 2.87. The minimum absolute atomic E-state index is 0.293. The molecule has 0 saturated carbocycles. The Morgan fingerprint density at radius 3 is 2.48 bits per heavy atom. The molecule has 0 spiro atoms. The fourth-order valence-electron chi connectivity index (χ4n) is 2.68. The molecule has 0 unspecified atom stereocenters. The second kappa shape index (κ2) is 6.16. The lowest BCUT2D eigenvalue weighted by Crippen LogP contribution is -2.39. The Labute approximate surface area is 141 Å². The normalized spacial score (nSPS) is 11.3. The van der Waals surface area contributed by atoms with Gasteiger partial charge in [-0.1, -0.05) is 37.3 Å². The maximum absolute atomic E-state index is 12.8. The van der Waals surface area contributed by atoms with Crippen LogP contribution in [0.2, 0.25) is 0 Å². The monoisotopic (exact) mass is 376 g/mol. The molecule has 0 bridgehead atoms. The Bertz CT molecular complexity index is 970. The molecule has 7 heteroatoms. The van der Waals surface area contributed by atoms with Crippen LogP contribution in [0.4, 0.5) is 0 Å². The van der Waals surface area contributed by atoms with Crippen LogP contribution in [0, 0.1) is 0 Å². The van der Waals surface area contributed by atoms with Crippen LogP contribution in [0.1, 0.15) is 18.9 Å².